The summed E-state index contributed by atoms with van der Waals surface area (Å²) in [6, 6.07) is 9.07. The van der Waals surface area contributed by atoms with Gasteiger partial charge in [0.2, 0.25) is 5.88 Å². The maximum absolute atomic E-state index is 12.9. The monoisotopic (exact) mass is 367 g/mol. The summed E-state index contributed by atoms with van der Waals surface area (Å²) in [6.45, 7) is 2.02. The van der Waals surface area contributed by atoms with E-state index in [4.69, 9.17) is 19.9 Å². The molecule has 0 spiro atoms. The van der Waals surface area contributed by atoms with Crippen molar-refractivity contribution in [2.24, 2.45) is 5.73 Å². The quantitative estimate of drug-likeness (QED) is 0.840. The van der Waals surface area contributed by atoms with E-state index < -0.39 is 5.92 Å². The highest BCUT2D eigenvalue weighted by Gasteiger charge is 2.35. The van der Waals surface area contributed by atoms with Gasteiger partial charge in [-0.2, -0.15) is 5.26 Å². The van der Waals surface area contributed by atoms with Crippen molar-refractivity contribution in [3.63, 3.8) is 0 Å². The first kappa shape index (κ1) is 18.4. The van der Waals surface area contributed by atoms with Crippen LogP contribution < -0.4 is 25.5 Å². The van der Waals surface area contributed by atoms with Gasteiger partial charge in [0.05, 0.1) is 25.7 Å². The highest BCUT2D eigenvalue weighted by atomic mass is 16.5. The van der Waals surface area contributed by atoms with E-state index in [1.54, 1.807) is 31.4 Å². The lowest BCUT2D eigenvalue weighted by Gasteiger charge is -2.27. The Morgan fingerprint density at radius 2 is 2.07 bits per heavy atom. The topological polar surface area (TPSA) is 110 Å². The molecule has 3 N–H and O–H groups in total. The molecule has 0 fully saturated rings. The molecule has 0 radical (unpaired) electrons. The third kappa shape index (κ3) is 3.22. The number of H-pyrrole nitrogens is 1. The highest BCUT2D eigenvalue weighted by molar-refractivity contribution is 5.59. The fourth-order valence-electron chi connectivity index (χ4n) is 3.31. The zero-order chi connectivity index (χ0) is 19.6. The van der Waals surface area contributed by atoms with E-state index in [1.165, 1.54) is 7.11 Å². The third-order valence-corrected chi connectivity index (χ3v) is 4.54. The van der Waals surface area contributed by atoms with E-state index in [2.05, 4.69) is 11.1 Å². The van der Waals surface area contributed by atoms with E-state index in [-0.39, 0.29) is 17.0 Å². The number of pyridine rings is 1. The summed E-state index contributed by atoms with van der Waals surface area (Å²) in [5.41, 5.74) is 7.60. The van der Waals surface area contributed by atoms with Crippen LogP contribution in [-0.2, 0) is 6.42 Å². The van der Waals surface area contributed by atoms with Crippen LogP contribution in [0.1, 0.15) is 36.1 Å². The number of allylic oxidation sites excluding steroid dienone is 1. The molecule has 0 saturated carbocycles. The van der Waals surface area contributed by atoms with E-state index >= 15 is 0 Å². The van der Waals surface area contributed by atoms with Crippen LogP contribution in [0.15, 0.2) is 40.5 Å². The van der Waals surface area contributed by atoms with Gasteiger partial charge in [-0.1, -0.05) is 19.4 Å². The van der Waals surface area contributed by atoms with Crippen LogP contribution in [-0.4, -0.2) is 19.2 Å². The molecule has 1 aliphatic rings. The second-order valence-corrected chi connectivity index (χ2v) is 6.18. The van der Waals surface area contributed by atoms with Crippen molar-refractivity contribution in [2.75, 3.05) is 14.2 Å². The molecule has 2 heterocycles. The Kier molecular flexibility index (Phi) is 5.08. The smallest absolute Gasteiger partial charge is 0.256 e. The van der Waals surface area contributed by atoms with Crippen LogP contribution >= 0.6 is 0 Å². The number of aromatic amines is 1. The zero-order valence-corrected chi connectivity index (χ0v) is 15.5. The Morgan fingerprint density at radius 1 is 1.30 bits per heavy atom. The highest BCUT2D eigenvalue weighted by Crippen LogP contribution is 2.44. The van der Waals surface area contributed by atoms with Crippen LogP contribution in [0, 0.1) is 11.3 Å². The molecule has 1 aromatic carbocycles. The van der Waals surface area contributed by atoms with Gasteiger partial charge in [-0.3, -0.25) is 4.79 Å². The zero-order valence-electron chi connectivity index (χ0n) is 15.5. The molecule has 0 saturated heterocycles. The minimum absolute atomic E-state index is 0.0130. The van der Waals surface area contributed by atoms with Gasteiger partial charge < -0.3 is 24.9 Å². The Hall–Kier alpha value is -3.40. The number of aromatic nitrogens is 1. The first-order valence-electron chi connectivity index (χ1n) is 8.59. The Morgan fingerprint density at radius 3 is 2.70 bits per heavy atom. The van der Waals surface area contributed by atoms with Crippen LogP contribution in [0.2, 0.25) is 0 Å². The maximum Gasteiger partial charge on any atom is 0.256 e. The second kappa shape index (κ2) is 7.46. The van der Waals surface area contributed by atoms with Gasteiger partial charge in [-0.05, 0) is 12.5 Å². The molecule has 27 heavy (non-hydrogen) atoms. The van der Waals surface area contributed by atoms with Crippen LogP contribution in [0.4, 0.5) is 0 Å². The average Bonchev–Trinajstić information content (AvgIpc) is 2.66. The molecule has 0 bridgehead atoms. The van der Waals surface area contributed by atoms with Gasteiger partial charge >= 0.3 is 0 Å². The number of nitrogens with two attached hydrogens (primary N) is 1. The molecule has 7 heteroatoms. The molecule has 2 aromatic rings. The third-order valence-electron chi connectivity index (χ3n) is 4.54. The number of rotatable bonds is 5. The first-order chi connectivity index (χ1) is 13.0. The van der Waals surface area contributed by atoms with Gasteiger partial charge in [-0.15, -0.1) is 0 Å². The van der Waals surface area contributed by atoms with Gasteiger partial charge in [0.25, 0.3) is 5.56 Å². The van der Waals surface area contributed by atoms with Gasteiger partial charge in [0.15, 0.2) is 0 Å². The Balaban J connectivity index is 2.27. The van der Waals surface area contributed by atoms with E-state index in [1.807, 2.05) is 6.92 Å². The molecule has 140 valence electrons. The Labute approximate surface area is 157 Å². The number of aryl methyl sites for hydroxylation is 1. The van der Waals surface area contributed by atoms with Crippen molar-refractivity contribution < 1.29 is 14.2 Å². The fourth-order valence-corrected chi connectivity index (χ4v) is 3.31. The SMILES string of the molecule is CCCc1cc2c(c(=O)[nH]1)C(c1ccc(OC)cc1OC)C(C#N)=C(N)O2. The fraction of sp³-hybridized carbons (Fsp3) is 0.300. The molecule has 0 amide bonds. The predicted molar refractivity (Wildman–Crippen MR) is 99.9 cm³/mol. The number of methoxy groups -OCH3 is 2. The van der Waals surface area contributed by atoms with Crippen molar-refractivity contribution in [1.29, 1.82) is 5.26 Å². The number of nitrogens with one attached hydrogen (secondary N) is 1. The van der Waals surface area contributed by atoms with E-state index in [0.717, 1.165) is 12.1 Å². The van der Waals surface area contributed by atoms with E-state index in [0.29, 0.717) is 34.8 Å². The number of hydrogen-bond acceptors (Lipinski definition) is 6. The molecule has 1 unspecified atom stereocenters. The lowest BCUT2D eigenvalue weighted by atomic mass is 9.83. The van der Waals surface area contributed by atoms with Crippen molar-refractivity contribution >= 4 is 0 Å². The molecular formula is C20H21N3O4. The second-order valence-electron chi connectivity index (χ2n) is 6.18. The lowest BCUT2D eigenvalue weighted by molar-refractivity contribution is 0.380. The number of nitriles is 1. The minimum Gasteiger partial charge on any atom is -0.497 e. The maximum atomic E-state index is 12.9. The van der Waals surface area contributed by atoms with Gasteiger partial charge in [0.1, 0.15) is 28.9 Å². The average molecular weight is 367 g/mol. The summed E-state index contributed by atoms with van der Waals surface area (Å²) >= 11 is 0. The summed E-state index contributed by atoms with van der Waals surface area (Å²) in [6.07, 6.45) is 1.58. The van der Waals surface area contributed by atoms with Crippen molar-refractivity contribution in [1.82, 2.24) is 4.98 Å². The molecular weight excluding hydrogens is 346 g/mol. The van der Waals surface area contributed by atoms with Crippen molar-refractivity contribution in [3.8, 4) is 23.3 Å². The number of ether oxygens (including phenoxy) is 3. The molecule has 1 atom stereocenters. The lowest BCUT2D eigenvalue weighted by Crippen LogP contribution is -2.28. The Bertz CT molecular complexity index is 1000. The van der Waals surface area contributed by atoms with E-state index in [9.17, 15) is 10.1 Å². The van der Waals surface area contributed by atoms with Crippen LogP contribution in [0.3, 0.4) is 0 Å². The summed E-state index contributed by atoms with van der Waals surface area (Å²) in [5.74, 6) is 0.747. The number of hydrogen-bond donors (Lipinski definition) is 2. The number of fused-ring (bicyclic) bond motifs is 1. The molecule has 3 rings (SSSR count). The number of benzene rings is 1. The largest absolute Gasteiger partial charge is 0.497 e. The number of nitrogens with zero attached hydrogens (tertiary/aromatic N) is 1. The first-order valence-corrected chi connectivity index (χ1v) is 8.59. The molecule has 1 aromatic heterocycles. The minimum atomic E-state index is -0.695. The molecule has 0 aliphatic carbocycles. The van der Waals surface area contributed by atoms with Crippen LogP contribution in [0.25, 0.3) is 0 Å². The summed E-state index contributed by atoms with van der Waals surface area (Å²) < 4.78 is 16.3. The molecule has 7 nitrogen and oxygen atoms in total. The standard InChI is InChI=1S/C20H21N3O4/c1-4-5-11-8-16-18(20(24)23-11)17(14(10-21)19(22)27-16)13-7-6-12(25-2)9-15(13)26-3/h6-9,17H,4-5,22H2,1-3H3,(H,23,24). The summed E-state index contributed by atoms with van der Waals surface area (Å²) in [4.78, 5) is 15.7. The molecule has 1 aliphatic heterocycles. The van der Waals surface area contributed by atoms with Gasteiger partial charge in [0, 0.05) is 23.4 Å². The van der Waals surface area contributed by atoms with Crippen molar-refractivity contribution in [3.05, 3.63) is 62.9 Å². The van der Waals surface area contributed by atoms with Gasteiger partial charge in [-0.25, -0.2) is 0 Å². The van der Waals surface area contributed by atoms with Crippen molar-refractivity contribution in [2.45, 2.75) is 25.7 Å². The van der Waals surface area contributed by atoms with Crippen LogP contribution in [0.5, 0.6) is 17.2 Å². The predicted octanol–water partition coefficient (Wildman–Crippen LogP) is 2.56. The summed E-state index contributed by atoms with van der Waals surface area (Å²) in [7, 11) is 3.07. The normalized spacial score (nSPS) is 15.6. The summed E-state index contributed by atoms with van der Waals surface area (Å²) in [5, 5.41) is 9.67.